The number of hydrogen-bond acceptors (Lipinski definition) is 2. The second kappa shape index (κ2) is 4.53. The van der Waals surface area contributed by atoms with Crippen LogP contribution in [0.4, 0.5) is 0 Å². The van der Waals surface area contributed by atoms with Crippen molar-refractivity contribution in [2.75, 3.05) is 0 Å². The molecular weight excluding hydrogens is 208 g/mol. The molecular formula is C9H9ClO2S. The van der Waals surface area contributed by atoms with Crippen molar-refractivity contribution < 1.29 is 9.90 Å². The number of alkyl halides is 1. The van der Waals surface area contributed by atoms with Crippen molar-refractivity contribution in [3.8, 4) is 0 Å². The normalized spacial score (nSPS) is 12.5. The lowest BCUT2D eigenvalue weighted by atomic mass is 10.2. The van der Waals surface area contributed by atoms with E-state index in [1.807, 2.05) is 13.0 Å². The molecule has 1 aromatic carbocycles. The molecule has 1 rings (SSSR count). The largest absolute Gasteiger partial charge is 0.478 e. The van der Waals surface area contributed by atoms with Crippen LogP contribution in [0.1, 0.15) is 17.3 Å². The van der Waals surface area contributed by atoms with Gasteiger partial charge in [0.2, 0.25) is 0 Å². The minimum atomic E-state index is -0.912. The van der Waals surface area contributed by atoms with Gasteiger partial charge in [-0.15, -0.1) is 23.4 Å². The summed E-state index contributed by atoms with van der Waals surface area (Å²) in [6.07, 6.45) is 0. The fraction of sp³-hybridized carbons (Fsp3) is 0.222. The first-order valence-corrected chi connectivity index (χ1v) is 5.05. The van der Waals surface area contributed by atoms with E-state index in [9.17, 15) is 4.79 Å². The van der Waals surface area contributed by atoms with Gasteiger partial charge in [-0.25, -0.2) is 4.79 Å². The predicted octanol–water partition coefficient (Wildman–Crippen LogP) is 3.06. The molecule has 0 bridgehead atoms. The summed E-state index contributed by atoms with van der Waals surface area (Å²) in [4.78, 5) is 11.5. The Kier molecular flexibility index (Phi) is 3.63. The lowest BCUT2D eigenvalue weighted by molar-refractivity contribution is 0.0696. The molecule has 1 aromatic rings. The molecule has 4 heteroatoms. The van der Waals surface area contributed by atoms with E-state index in [2.05, 4.69) is 0 Å². The van der Waals surface area contributed by atoms with E-state index in [-0.39, 0.29) is 4.71 Å². The fourth-order valence-electron chi connectivity index (χ4n) is 0.890. The van der Waals surface area contributed by atoms with Crippen LogP contribution in [-0.4, -0.2) is 15.8 Å². The third-order valence-corrected chi connectivity index (χ3v) is 2.50. The van der Waals surface area contributed by atoms with E-state index < -0.39 is 5.97 Å². The molecule has 1 unspecified atom stereocenters. The standard InChI is InChI=1S/C9H9ClO2S/c1-6(10)13-8-4-2-3-7(5-8)9(11)12/h2-6H,1H3,(H,11,12). The summed E-state index contributed by atoms with van der Waals surface area (Å²) >= 11 is 7.19. The molecule has 0 saturated heterocycles. The van der Waals surface area contributed by atoms with Gasteiger partial charge in [0.15, 0.2) is 0 Å². The first-order chi connectivity index (χ1) is 6.09. The number of carboxylic acids is 1. The zero-order valence-electron chi connectivity index (χ0n) is 7.03. The monoisotopic (exact) mass is 216 g/mol. The summed E-state index contributed by atoms with van der Waals surface area (Å²) in [5.74, 6) is -0.912. The molecule has 0 heterocycles. The van der Waals surface area contributed by atoms with Crippen LogP contribution in [0.2, 0.25) is 0 Å². The average Bonchev–Trinajstić information content (AvgIpc) is 2.03. The van der Waals surface area contributed by atoms with E-state index in [0.29, 0.717) is 5.56 Å². The van der Waals surface area contributed by atoms with Gasteiger partial charge in [-0.1, -0.05) is 6.07 Å². The van der Waals surface area contributed by atoms with Gasteiger partial charge in [0.25, 0.3) is 0 Å². The summed E-state index contributed by atoms with van der Waals surface area (Å²) in [7, 11) is 0. The number of aromatic carboxylic acids is 1. The number of thioether (sulfide) groups is 1. The predicted molar refractivity (Wildman–Crippen MR) is 54.6 cm³/mol. The molecule has 0 fully saturated rings. The summed E-state index contributed by atoms with van der Waals surface area (Å²) in [6, 6.07) is 6.73. The molecule has 0 aliphatic carbocycles. The van der Waals surface area contributed by atoms with Crippen molar-refractivity contribution in [1.82, 2.24) is 0 Å². The molecule has 13 heavy (non-hydrogen) atoms. The lowest BCUT2D eigenvalue weighted by Gasteiger charge is -2.03. The summed E-state index contributed by atoms with van der Waals surface area (Å²) in [5.41, 5.74) is 0.294. The van der Waals surface area contributed by atoms with Gasteiger partial charge in [0, 0.05) is 4.90 Å². The Morgan fingerprint density at radius 2 is 2.31 bits per heavy atom. The molecule has 2 nitrogen and oxygen atoms in total. The number of rotatable bonds is 3. The van der Waals surface area contributed by atoms with Gasteiger partial charge in [-0.05, 0) is 25.1 Å². The highest BCUT2D eigenvalue weighted by atomic mass is 35.5. The van der Waals surface area contributed by atoms with Crippen LogP contribution in [0, 0.1) is 0 Å². The second-order valence-electron chi connectivity index (χ2n) is 2.49. The Balaban J connectivity index is 2.85. The number of carbonyl (C=O) groups is 1. The zero-order valence-corrected chi connectivity index (χ0v) is 8.60. The van der Waals surface area contributed by atoms with Gasteiger partial charge >= 0.3 is 5.97 Å². The minimum absolute atomic E-state index is 0.0518. The van der Waals surface area contributed by atoms with Crippen LogP contribution in [0.15, 0.2) is 29.2 Å². The number of halogens is 1. The molecule has 0 aromatic heterocycles. The molecule has 0 amide bonds. The van der Waals surface area contributed by atoms with Gasteiger partial charge in [0.1, 0.15) is 0 Å². The van der Waals surface area contributed by atoms with Crippen molar-refractivity contribution >= 4 is 29.3 Å². The molecule has 0 aliphatic rings. The quantitative estimate of drug-likeness (QED) is 0.623. The highest BCUT2D eigenvalue weighted by Gasteiger charge is 2.05. The van der Waals surface area contributed by atoms with Gasteiger partial charge in [0.05, 0.1) is 10.3 Å². The van der Waals surface area contributed by atoms with Crippen LogP contribution in [0.5, 0.6) is 0 Å². The van der Waals surface area contributed by atoms with E-state index in [1.165, 1.54) is 11.8 Å². The Hall–Kier alpha value is -0.670. The Morgan fingerprint density at radius 1 is 1.62 bits per heavy atom. The third-order valence-electron chi connectivity index (χ3n) is 1.38. The van der Waals surface area contributed by atoms with Crippen LogP contribution in [0.25, 0.3) is 0 Å². The molecule has 0 saturated carbocycles. The number of carboxylic acid groups (broad SMARTS) is 1. The van der Waals surface area contributed by atoms with Crippen molar-refractivity contribution in [3.63, 3.8) is 0 Å². The fourth-order valence-corrected chi connectivity index (χ4v) is 1.93. The smallest absolute Gasteiger partial charge is 0.335 e. The van der Waals surface area contributed by atoms with E-state index in [4.69, 9.17) is 16.7 Å². The lowest BCUT2D eigenvalue weighted by Crippen LogP contribution is -1.95. The van der Waals surface area contributed by atoms with Crippen molar-refractivity contribution in [1.29, 1.82) is 0 Å². The minimum Gasteiger partial charge on any atom is -0.478 e. The van der Waals surface area contributed by atoms with E-state index >= 15 is 0 Å². The number of benzene rings is 1. The molecule has 0 radical (unpaired) electrons. The molecule has 70 valence electrons. The summed E-state index contributed by atoms with van der Waals surface area (Å²) in [5, 5.41) is 8.70. The van der Waals surface area contributed by atoms with Gasteiger partial charge < -0.3 is 5.11 Å². The van der Waals surface area contributed by atoms with E-state index in [0.717, 1.165) is 4.90 Å². The number of hydrogen-bond donors (Lipinski definition) is 1. The Bertz CT molecular complexity index is 312. The van der Waals surface area contributed by atoms with Gasteiger partial charge in [-0.3, -0.25) is 0 Å². The Morgan fingerprint density at radius 3 is 2.85 bits per heavy atom. The average molecular weight is 217 g/mol. The highest BCUT2D eigenvalue weighted by molar-refractivity contribution is 8.01. The van der Waals surface area contributed by atoms with Crippen molar-refractivity contribution in [2.45, 2.75) is 16.5 Å². The highest BCUT2D eigenvalue weighted by Crippen LogP contribution is 2.25. The van der Waals surface area contributed by atoms with Gasteiger partial charge in [-0.2, -0.15) is 0 Å². The molecule has 0 aliphatic heterocycles. The van der Waals surface area contributed by atoms with Crippen molar-refractivity contribution in [2.24, 2.45) is 0 Å². The topological polar surface area (TPSA) is 37.3 Å². The maximum atomic E-state index is 10.6. The molecule has 0 spiro atoms. The SMILES string of the molecule is CC(Cl)Sc1cccc(C(=O)O)c1. The summed E-state index contributed by atoms with van der Waals surface area (Å²) < 4.78 is -0.0518. The first-order valence-electron chi connectivity index (χ1n) is 3.73. The Labute approximate surface area is 85.9 Å². The van der Waals surface area contributed by atoms with Crippen LogP contribution < -0.4 is 0 Å². The second-order valence-corrected chi connectivity index (χ2v) is 4.82. The molecule has 1 atom stereocenters. The summed E-state index contributed by atoms with van der Waals surface area (Å²) in [6.45, 7) is 1.85. The maximum absolute atomic E-state index is 10.6. The van der Waals surface area contributed by atoms with Crippen LogP contribution in [0.3, 0.4) is 0 Å². The van der Waals surface area contributed by atoms with Crippen LogP contribution >= 0.6 is 23.4 Å². The van der Waals surface area contributed by atoms with Crippen LogP contribution in [-0.2, 0) is 0 Å². The van der Waals surface area contributed by atoms with E-state index in [1.54, 1.807) is 18.2 Å². The zero-order chi connectivity index (χ0) is 9.84. The maximum Gasteiger partial charge on any atom is 0.335 e. The van der Waals surface area contributed by atoms with Crippen molar-refractivity contribution in [3.05, 3.63) is 29.8 Å². The third kappa shape index (κ3) is 3.28. The molecule has 1 N–H and O–H groups in total. The first kappa shape index (κ1) is 10.4.